The maximum Gasteiger partial charge on any atom is 0.256 e. The monoisotopic (exact) mass is 384 g/mol. The Labute approximate surface area is 162 Å². The minimum absolute atomic E-state index is 0.270. The number of allylic oxidation sites excluding steroid dienone is 1. The van der Waals surface area contributed by atoms with Gasteiger partial charge in [0.1, 0.15) is 5.82 Å². The van der Waals surface area contributed by atoms with E-state index in [9.17, 15) is 4.79 Å². The Kier molecular flexibility index (Phi) is 5.56. The molecule has 1 aromatic heterocycles. The van der Waals surface area contributed by atoms with E-state index in [0.717, 1.165) is 5.56 Å². The van der Waals surface area contributed by atoms with Crippen LogP contribution in [0, 0.1) is 0 Å². The first-order valence-corrected chi connectivity index (χ1v) is 8.67. The van der Waals surface area contributed by atoms with Gasteiger partial charge in [-0.2, -0.15) is 0 Å². The summed E-state index contributed by atoms with van der Waals surface area (Å²) < 4.78 is 10.7. The van der Waals surface area contributed by atoms with Crippen molar-refractivity contribution in [2.45, 2.75) is 13.0 Å². The number of methoxy groups -OCH3 is 2. The summed E-state index contributed by atoms with van der Waals surface area (Å²) in [5.74, 6) is 1.39. The molecular formula is C19H20N4O3S. The van der Waals surface area contributed by atoms with Gasteiger partial charge in [-0.15, -0.1) is 0 Å². The first-order chi connectivity index (χ1) is 13.0. The molecule has 1 amide bonds. The van der Waals surface area contributed by atoms with Gasteiger partial charge >= 0.3 is 0 Å². The van der Waals surface area contributed by atoms with E-state index in [1.165, 1.54) is 0 Å². The number of hydrogen-bond acceptors (Lipinski definition) is 5. The van der Waals surface area contributed by atoms with Crippen molar-refractivity contribution in [2.75, 3.05) is 19.5 Å². The minimum Gasteiger partial charge on any atom is -0.493 e. The van der Waals surface area contributed by atoms with Crippen LogP contribution in [0.2, 0.25) is 0 Å². The number of carbonyl (C=O) groups is 1. The zero-order valence-electron chi connectivity index (χ0n) is 15.2. The number of aromatic nitrogens is 1. The quantitative estimate of drug-likeness (QED) is 0.683. The number of nitrogens with zero attached hydrogens (tertiary/aromatic N) is 1. The number of benzene rings is 1. The molecule has 27 heavy (non-hydrogen) atoms. The molecule has 0 fully saturated rings. The molecule has 7 nitrogen and oxygen atoms in total. The highest BCUT2D eigenvalue weighted by Crippen LogP contribution is 2.34. The molecule has 8 heteroatoms. The lowest BCUT2D eigenvalue weighted by Gasteiger charge is -2.30. The molecule has 2 aromatic rings. The van der Waals surface area contributed by atoms with Gasteiger partial charge in [-0.25, -0.2) is 4.98 Å². The molecule has 1 aliphatic heterocycles. The molecule has 0 saturated heterocycles. The fraction of sp³-hybridized carbons (Fsp3) is 0.211. The number of nitrogens with one attached hydrogen (secondary N) is 3. The first kappa shape index (κ1) is 18.7. The van der Waals surface area contributed by atoms with E-state index >= 15 is 0 Å². The van der Waals surface area contributed by atoms with Gasteiger partial charge in [-0.05, 0) is 49.0 Å². The summed E-state index contributed by atoms with van der Waals surface area (Å²) >= 11 is 5.28. The molecule has 0 saturated carbocycles. The first-order valence-electron chi connectivity index (χ1n) is 8.26. The van der Waals surface area contributed by atoms with Gasteiger partial charge in [0.2, 0.25) is 0 Å². The maximum atomic E-state index is 13.0. The van der Waals surface area contributed by atoms with Crippen molar-refractivity contribution >= 4 is 29.1 Å². The van der Waals surface area contributed by atoms with Gasteiger partial charge in [0.25, 0.3) is 5.91 Å². The van der Waals surface area contributed by atoms with Gasteiger partial charge in [-0.1, -0.05) is 12.1 Å². The largest absolute Gasteiger partial charge is 0.493 e. The second kappa shape index (κ2) is 8.05. The Morgan fingerprint density at radius 1 is 1.19 bits per heavy atom. The van der Waals surface area contributed by atoms with Crippen LogP contribution in [0.4, 0.5) is 5.82 Å². The van der Waals surface area contributed by atoms with Crippen molar-refractivity contribution in [1.82, 2.24) is 15.6 Å². The van der Waals surface area contributed by atoms with Crippen LogP contribution in [0.1, 0.15) is 18.5 Å². The molecule has 0 bridgehead atoms. The van der Waals surface area contributed by atoms with Crippen LogP contribution in [-0.2, 0) is 4.79 Å². The van der Waals surface area contributed by atoms with E-state index in [4.69, 9.17) is 21.7 Å². The second-order valence-electron chi connectivity index (χ2n) is 5.85. The lowest BCUT2D eigenvalue weighted by Crippen LogP contribution is -2.45. The molecular weight excluding hydrogens is 364 g/mol. The highest BCUT2D eigenvalue weighted by Gasteiger charge is 2.30. The number of hydrogen-bond donors (Lipinski definition) is 3. The number of rotatable bonds is 5. The predicted molar refractivity (Wildman–Crippen MR) is 107 cm³/mol. The third kappa shape index (κ3) is 4.01. The Morgan fingerprint density at radius 3 is 2.63 bits per heavy atom. The van der Waals surface area contributed by atoms with Crippen LogP contribution in [0.3, 0.4) is 0 Å². The van der Waals surface area contributed by atoms with Crippen molar-refractivity contribution in [2.24, 2.45) is 0 Å². The number of ether oxygens (including phenoxy) is 2. The fourth-order valence-electron chi connectivity index (χ4n) is 2.90. The van der Waals surface area contributed by atoms with Crippen LogP contribution in [0.15, 0.2) is 53.9 Å². The number of amides is 1. The highest BCUT2D eigenvalue weighted by molar-refractivity contribution is 7.80. The van der Waals surface area contributed by atoms with Crippen LogP contribution >= 0.6 is 12.2 Å². The molecule has 1 aromatic carbocycles. The average Bonchev–Trinajstić information content (AvgIpc) is 2.67. The molecule has 0 radical (unpaired) electrons. The molecule has 140 valence electrons. The summed E-state index contributed by atoms with van der Waals surface area (Å²) in [5.41, 5.74) is 2.01. The van der Waals surface area contributed by atoms with Gasteiger partial charge in [0.15, 0.2) is 16.6 Å². The normalized spacial score (nSPS) is 16.3. The minimum atomic E-state index is -0.442. The Balaban J connectivity index is 1.98. The van der Waals surface area contributed by atoms with Crippen molar-refractivity contribution in [3.05, 3.63) is 59.4 Å². The van der Waals surface area contributed by atoms with Crippen LogP contribution in [-0.4, -0.2) is 30.2 Å². The van der Waals surface area contributed by atoms with E-state index < -0.39 is 6.04 Å². The lowest BCUT2D eigenvalue weighted by molar-refractivity contribution is -0.113. The van der Waals surface area contributed by atoms with Crippen molar-refractivity contribution < 1.29 is 14.3 Å². The number of carbonyl (C=O) groups excluding carboxylic acids is 1. The molecule has 2 heterocycles. The summed E-state index contributed by atoms with van der Waals surface area (Å²) in [5, 5.41) is 9.43. The average molecular weight is 384 g/mol. The topological polar surface area (TPSA) is 84.5 Å². The summed E-state index contributed by atoms with van der Waals surface area (Å²) in [7, 11) is 3.14. The third-order valence-electron chi connectivity index (χ3n) is 4.16. The van der Waals surface area contributed by atoms with E-state index in [-0.39, 0.29) is 5.91 Å². The Morgan fingerprint density at radius 2 is 1.96 bits per heavy atom. The Hall–Kier alpha value is -3.13. The lowest BCUT2D eigenvalue weighted by atomic mass is 9.94. The zero-order chi connectivity index (χ0) is 19.4. The summed E-state index contributed by atoms with van der Waals surface area (Å²) in [4.78, 5) is 17.1. The molecule has 1 atom stereocenters. The number of anilines is 1. The second-order valence-corrected chi connectivity index (χ2v) is 6.26. The van der Waals surface area contributed by atoms with Crippen LogP contribution in [0.25, 0.3) is 0 Å². The van der Waals surface area contributed by atoms with Crippen molar-refractivity contribution in [3.8, 4) is 11.5 Å². The van der Waals surface area contributed by atoms with E-state index in [1.807, 2.05) is 25.1 Å². The molecule has 0 unspecified atom stereocenters. The van der Waals surface area contributed by atoms with Gasteiger partial charge < -0.3 is 25.4 Å². The maximum absolute atomic E-state index is 13.0. The van der Waals surface area contributed by atoms with E-state index in [0.29, 0.717) is 33.7 Å². The summed E-state index contributed by atoms with van der Waals surface area (Å²) in [6.07, 6.45) is 1.62. The SMILES string of the molecule is COc1ccc([C@@H]2NC(=S)NC(C)=C2C(=O)Nc2ccccn2)cc1OC. The van der Waals surface area contributed by atoms with Crippen molar-refractivity contribution in [1.29, 1.82) is 0 Å². The predicted octanol–water partition coefficient (Wildman–Crippen LogP) is 2.53. The third-order valence-corrected chi connectivity index (χ3v) is 4.38. The fourth-order valence-corrected chi connectivity index (χ4v) is 3.17. The Bertz CT molecular complexity index is 899. The number of thiocarbonyl (C=S) groups is 1. The molecule has 0 aliphatic carbocycles. The standard InChI is InChI=1S/C19H20N4O3S/c1-11-16(18(24)22-15-6-4-5-9-20-15)17(23-19(27)21-11)12-7-8-13(25-2)14(10-12)26-3/h4-10,17H,1-3H3,(H,20,22,24)(H2,21,23,27)/t17-/m0/s1. The smallest absolute Gasteiger partial charge is 0.256 e. The highest BCUT2D eigenvalue weighted by atomic mass is 32.1. The molecule has 3 rings (SSSR count). The molecule has 3 N–H and O–H groups in total. The van der Waals surface area contributed by atoms with Gasteiger partial charge in [0, 0.05) is 11.9 Å². The van der Waals surface area contributed by atoms with Gasteiger partial charge in [-0.3, -0.25) is 4.79 Å². The van der Waals surface area contributed by atoms with Crippen LogP contribution < -0.4 is 25.4 Å². The summed E-state index contributed by atoms with van der Waals surface area (Å²) in [6, 6.07) is 10.4. The zero-order valence-corrected chi connectivity index (χ0v) is 16.0. The van der Waals surface area contributed by atoms with Gasteiger partial charge in [0.05, 0.1) is 25.8 Å². The molecule has 1 aliphatic rings. The van der Waals surface area contributed by atoms with E-state index in [2.05, 4.69) is 20.9 Å². The van der Waals surface area contributed by atoms with Crippen LogP contribution in [0.5, 0.6) is 11.5 Å². The summed E-state index contributed by atoms with van der Waals surface area (Å²) in [6.45, 7) is 1.81. The molecule has 0 spiro atoms. The number of pyridine rings is 1. The van der Waals surface area contributed by atoms with E-state index in [1.54, 1.807) is 38.6 Å². The van der Waals surface area contributed by atoms with Crippen molar-refractivity contribution in [3.63, 3.8) is 0 Å².